The van der Waals surface area contributed by atoms with Crippen molar-refractivity contribution in [3.05, 3.63) is 41.7 Å². The Bertz CT molecular complexity index is 632. The molecule has 1 N–H and O–H groups in total. The summed E-state index contributed by atoms with van der Waals surface area (Å²) in [6.07, 6.45) is 1.17. The zero-order valence-electron chi connectivity index (χ0n) is 12.6. The number of nitrogens with zero attached hydrogens (tertiary/aromatic N) is 2. The minimum absolute atomic E-state index is 0.341. The maximum Gasteiger partial charge on any atom is 0.135 e. The maximum atomic E-state index is 4.86. The van der Waals surface area contributed by atoms with Gasteiger partial charge in [0.05, 0.1) is 5.69 Å². The average Bonchev–Trinajstić information content (AvgIpc) is 3.09. The van der Waals surface area contributed by atoms with Crippen LogP contribution in [-0.2, 0) is 0 Å². The number of hydrogen-bond acceptors (Lipinski definition) is 3. The molecule has 0 bridgehead atoms. The second kappa shape index (κ2) is 4.58. The topological polar surface area (TPSA) is 37.8 Å². The van der Waals surface area contributed by atoms with Crippen LogP contribution in [0.5, 0.6) is 0 Å². The molecule has 1 unspecified atom stereocenters. The second-order valence-electron chi connectivity index (χ2n) is 6.27. The molecule has 2 aromatic rings. The molecule has 1 aliphatic carbocycles. The first kappa shape index (κ1) is 13.1. The van der Waals surface area contributed by atoms with E-state index in [1.165, 1.54) is 6.42 Å². The van der Waals surface area contributed by atoms with Crippen molar-refractivity contribution in [3.63, 3.8) is 0 Å². The normalized spacial score (nSPS) is 19.7. The van der Waals surface area contributed by atoms with E-state index in [1.807, 2.05) is 13.1 Å². The number of nitrogens with one attached hydrogen (secondary N) is 1. The Kier molecular flexibility index (Phi) is 3.00. The van der Waals surface area contributed by atoms with Gasteiger partial charge < -0.3 is 5.32 Å². The summed E-state index contributed by atoms with van der Waals surface area (Å²) in [5.74, 6) is 2.40. The Hall–Kier alpha value is -1.90. The molecule has 1 fully saturated rings. The van der Waals surface area contributed by atoms with Gasteiger partial charge in [0.25, 0.3) is 0 Å². The Morgan fingerprint density at radius 2 is 1.80 bits per heavy atom. The summed E-state index contributed by atoms with van der Waals surface area (Å²) in [6.45, 7) is 6.64. The van der Waals surface area contributed by atoms with Crippen LogP contribution in [-0.4, -0.2) is 17.0 Å². The minimum atomic E-state index is 0.341. The molecule has 1 heterocycles. The first-order valence-corrected chi connectivity index (χ1v) is 7.14. The molecule has 0 amide bonds. The van der Waals surface area contributed by atoms with Crippen molar-refractivity contribution < 1.29 is 0 Å². The van der Waals surface area contributed by atoms with Crippen LogP contribution in [0.25, 0.3) is 11.3 Å². The first-order valence-electron chi connectivity index (χ1n) is 7.14. The van der Waals surface area contributed by atoms with Gasteiger partial charge in [0, 0.05) is 24.1 Å². The predicted octanol–water partition coefficient (Wildman–Crippen LogP) is 4.01. The van der Waals surface area contributed by atoms with Gasteiger partial charge in [0.15, 0.2) is 0 Å². The van der Waals surface area contributed by atoms with Crippen LogP contribution in [0.2, 0.25) is 0 Å². The van der Waals surface area contributed by atoms with Crippen LogP contribution in [0.1, 0.15) is 37.6 Å². The van der Waals surface area contributed by atoms with Gasteiger partial charge in [-0.05, 0) is 18.8 Å². The molecular formula is C17H21N3. The van der Waals surface area contributed by atoms with E-state index < -0.39 is 0 Å². The van der Waals surface area contributed by atoms with Crippen LogP contribution in [0.3, 0.4) is 0 Å². The zero-order chi connectivity index (χ0) is 14.3. The van der Waals surface area contributed by atoms with Crippen LogP contribution in [0.15, 0.2) is 30.3 Å². The zero-order valence-corrected chi connectivity index (χ0v) is 12.6. The van der Waals surface area contributed by atoms with Crippen molar-refractivity contribution in [2.24, 2.45) is 5.41 Å². The fraction of sp³-hybridized carbons (Fsp3) is 0.412. The molecule has 0 radical (unpaired) electrons. The van der Waals surface area contributed by atoms with Crippen molar-refractivity contribution in [2.45, 2.75) is 33.1 Å². The Labute approximate surface area is 120 Å². The molecule has 3 rings (SSSR count). The van der Waals surface area contributed by atoms with Crippen molar-refractivity contribution in [1.82, 2.24) is 9.97 Å². The third-order valence-electron chi connectivity index (χ3n) is 4.27. The monoisotopic (exact) mass is 267 g/mol. The van der Waals surface area contributed by atoms with Crippen LogP contribution in [0.4, 0.5) is 5.82 Å². The molecule has 20 heavy (non-hydrogen) atoms. The summed E-state index contributed by atoms with van der Waals surface area (Å²) in [6, 6.07) is 10.4. The van der Waals surface area contributed by atoms with E-state index in [4.69, 9.17) is 9.97 Å². The van der Waals surface area contributed by atoms with Crippen molar-refractivity contribution >= 4 is 5.82 Å². The van der Waals surface area contributed by atoms with Gasteiger partial charge in [0.1, 0.15) is 11.6 Å². The maximum absolute atomic E-state index is 4.86. The van der Waals surface area contributed by atoms with Crippen LogP contribution >= 0.6 is 0 Å². The highest BCUT2D eigenvalue weighted by molar-refractivity contribution is 5.68. The fourth-order valence-electron chi connectivity index (χ4n) is 2.72. The average molecular weight is 267 g/mol. The van der Waals surface area contributed by atoms with Gasteiger partial charge in [-0.2, -0.15) is 0 Å². The van der Waals surface area contributed by atoms with Gasteiger partial charge in [-0.3, -0.25) is 0 Å². The molecule has 1 aromatic carbocycles. The summed E-state index contributed by atoms with van der Waals surface area (Å²) in [5.41, 5.74) is 3.65. The summed E-state index contributed by atoms with van der Waals surface area (Å²) in [4.78, 5) is 9.57. The van der Waals surface area contributed by atoms with Gasteiger partial charge >= 0.3 is 0 Å². The fourth-order valence-corrected chi connectivity index (χ4v) is 2.72. The van der Waals surface area contributed by atoms with Crippen molar-refractivity contribution in [1.29, 1.82) is 0 Å². The lowest BCUT2D eigenvalue weighted by atomic mass is 10.1. The summed E-state index contributed by atoms with van der Waals surface area (Å²) in [7, 11) is 1.92. The Morgan fingerprint density at radius 3 is 2.35 bits per heavy atom. The lowest BCUT2D eigenvalue weighted by Crippen LogP contribution is -2.06. The van der Waals surface area contributed by atoms with Crippen LogP contribution < -0.4 is 5.32 Å². The molecule has 1 aliphatic rings. The number of rotatable bonds is 3. The molecule has 1 saturated carbocycles. The van der Waals surface area contributed by atoms with Crippen LogP contribution in [0, 0.1) is 12.3 Å². The van der Waals surface area contributed by atoms with E-state index >= 15 is 0 Å². The van der Waals surface area contributed by atoms with Gasteiger partial charge in [-0.15, -0.1) is 0 Å². The van der Waals surface area contributed by atoms with Crippen molar-refractivity contribution in [3.8, 4) is 11.3 Å². The lowest BCUT2D eigenvalue weighted by Gasteiger charge is -2.13. The molecule has 0 spiro atoms. The quantitative estimate of drug-likeness (QED) is 0.913. The van der Waals surface area contributed by atoms with Gasteiger partial charge in [-0.25, -0.2) is 9.97 Å². The van der Waals surface area contributed by atoms with E-state index in [2.05, 4.69) is 50.4 Å². The highest BCUT2D eigenvalue weighted by Gasteiger charge is 2.48. The third-order valence-corrected chi connectivity index (χ3v) is 4.27. The van der Waals surface area contributed by atoms with E-state index in [-0.39, 0.29) is 0 Å². The largest absolute Gasteiger partial charge is 0.373 e. The Balaban J connectivity index is 2.12. The van der Waals surface area contributed by atoms with Gasteiger partial charge in [0.2, 0.25) is 0 Å². The predicted molar refractivity (Wildman–Crippen MR) is 82.9 cm³/mol. The standard InChI is InChI=1S/C17H21N3/c1-11-14(12-8-6-5-7-9-12)19-16(20-15(11)18-4)13-10-17(13,2)3/h5-9,13H,10H2,1-4H3,(H,18,19,20). The van der Waals surface area contributed by atoms with E-state index in [0.717, 1.165) is 28.5 Å². The molecule has 1 aromatic heterocycles. The molecule has 3 nitrogen and oxygen atoms in total. The van der Waals surface area contributed by atoms with Crippen molar-refractivity contribution in [2.75, 3.05) is 12.4 Å². The lowest BCUT2D eigenvalue weighted by molar-refractivity contribution is 0.608. The molecule has 104 valence electrons. The summed E-state index contributed by atoms with van der Waals surface area (Å²) >= 11 is 0. The smallest absolute Gasteiger partial charge is 0.135 e. The number of anilines is 1. The Morgan fingerprint density at radius 1 is 1.15 bits per heavy atom. The number of aromatic nitrogens is 2. The minimum Gasteiger partial charge on any atom is -0.373 e. The molecule has 3 heteroatoms. The molecule has 1 atom stereocenters. The third kappa shape index (κ3) is 2.17. The highest BCUT2D eigenvalue weighted by atomic mass is 15.0. The number of hydrogen-bond donors (Lipinski definition) is 1. The molecule has 0 saturated heterocycles. The first-order chi connectivity index (χ1) is 9.53. The van der Waals surface area contributed by atoms with Gasteiger partial charge in [-0.1, -0.05) is 44.2 Å². The molecule has 0 aliphatic heterocycles. The highest BCUT2D eigenvalue weighted by Crippen LogP contribution is 2.57. The van der Waals surface area contributed by atoms with E-state index in [0.29, 0.717) is 11.3 Å². The SMILES string of the molecule is CNc1nc(C2CC2(C)C)nc(-c2ccccc2)c1C. The second-order valence-corrected chi connectivity index (χ2v) is 6.27. The van der Waals surface area contributed by atoms with E-state index in [1.54, 1.807) is 0 Å². The molecular weight excluding hydrogens is 246 g/mol. The summed E-state index contributed by atoms with van der Waals surface area (Å²) in [5, 5.41) is 3.20. The van der Waals surface area contributed by atoms with E-state index in [9.17, 15) is 0 Å². The summed E-state index contributed by atoms with van der Waals surface area (Å²) < 4.78 is 0. The number of benzene rings is 1.